The van der Waals surface area contributed by atoms with Gasteiger partial charge in [-0.1, -0.05) is 42.1 Å². The zero-order chi connectivity index (χ0) is 16.8. The van der Waals surface area contributed by atoms with Gasteiger partial charge in [-0.05, 0) is 35.0 Å². The summed E-state index contributed by atoms with van der Waals surface area (Å²) in [7, 11) is 0. The van der Waals surface area contributed by atoms with Crippen LogP contribution in [0.25, 0.3) is 0 Å². The number of nitrogens with one attached hydrogen (secondary N) is 1. The number of hydrogen-bond donors (Lipinski definition) is 1. The summed E-state index contributed by atoms with van der Waals surface area (Å²) >= 11 is 1.32. The van der Waals surface area contributed by atoms with Crippen LogP contribution >= 0.6 is 11.8 Å². The quantitative estimate of drug-likeness (QED) is 0.661. The lowest BCUT2D eigenvalue weighted by Crippen LogP contribution is -2.30. The van der Waals surface area contributed by atoms with Crippen LogP contribution in [0, 0.1) is 0 Å². The van der Waals surface area contributed by atoms with Crippen molar-refractivity contribution in [2.24, 2.45) is 0 Å². The summed E-state index contributed by atoms with van der Waals surface area (Å²) in [6.07, 6.45) is 1.60. The van der Waals surface area contributed by atoms with Crippen molar-refractivity contribution in [1.29, 1.82) is 0 Å². The topological polar surface area (TPSA) is 85.8 Å². The van der Waals surface area contributed by atoms with Crippen LogP contribution in [0.3, 0.4) is 0 Å². The Morgan fingerprint density at radius 2 is 2.12 bits per heavy atom. The predicted octanol–water partition coefficient (Wildman–Crippen LogP) is 2.11. The first-order valence-corrected chi connectivity index (χ1v) is 8.37. The second-order valence-corrected chi connectivity index (χ2v) is 6.47. The second-order valence-electron chi connectivity index (χ2n) is 5.16. The van der Waals surface area contributed by atoms with E-state index in [2.05, 4.69) is 20.8 Å². The third-order valence-electron chi connectivity index (χ3n) is 3.35. The van der Waals surface area contributed by atoms with Gasteiger partial charge in [-0.25, -0.2) is 4.68 Å². The lowest BCUT2D eigenvalue weighted by molar-refractivity contribution is -0.120. The van der Waals surface area contributed by atoms with E-state index in [1.165, 1.54) is 11.8 Å². The van der Waals surface area contributed by atoms with Gasteiger partial charge in [-0.3, -0.25) is 4.79 Å². The molecule has 0 bridgehead atoms. The molecule has 0 spiro atoms. The van der Waals surface area contributed by atoms with Crippen LogP contribution in [0.2, 0.25) is 0 Å². The zero-order valence-electron chi connectivity index (χ0n) is 13.1. The molecule has 0 radical (unpaired) electrons. The standard InChI is InChI=1S/C16H17N5O2S/c1-12(15(22)17-10-13-6-3-2-4-7-13)24-16-18-19-20-21(16)11-14-8-5-9-23-14/h2-9,12H,10-11H2,1H3,(H,17,22). The fraction of sp³-hybridized carbons (Fsp3) is 0.250. The summed E-state index contributed by atoms with van der Waals surface area (Å²) in [5, 5.41) is 14.8. The molecular formula is C16H17N5O2S. The Morgan fingerprint density at radius 3 is 2.88 bits per heavy atom. The minimum atomic E-state index is -0.310. The SMILES string of the molecule is CC(Sc1nnnn1Cc1ccco1)C(=O)NCc1ccccc1. The fourth-order valence-corrected chi connectivity index (χ4v) is 2.88. The second kappa shape index (κ2) is 7.78. The summed E-state index contributed by atoms with van der Waals surface area (Å²) in [6, 6.07) is 13.5. The maximum absolute atomic E-state index is 12.2. The average Bonchev–Trinajstić information content (AvgIpc) is 3.26. The lowest BCUT2D eigenvalue weighted by atomic mass is 10.2. The minimum Gasteiger partial charge on any atom is -0.467 e. The van der Waals surface area contributed by atoms with E-state index in [4.69, 9.17) is 4.42 Å². The van der Waals surface area contributed by atoms with Gasteiger partial charge in [0.05, 0.1) is 11.5 Å². The van der Waals surface area contributed by atoms with Crippen molar-refractivity contribution in [3.8, 4) is 0 Å². The lowest BCUT2D eigenvalue weighted by Gasteiger charge is -2.11. The normalized spacial score (nSPS) is 12.0. The zero-order valence-corrected chi connectivity index (χ0v) is 13.9. The summed E-state index contributed by atoms with van der Waals surface area (Å²) < 4.78 is 6.91. The van der Waals surface area contributed by atoms with Crippen molar-refractivity contribution < 1.29 is 9.21 Å². The van der Waals surface area contributed by atoms with Crippen molar-refractivity contribution in [2.45, 2.75) is 30.4 Å². The molecule has 1 unspecified atom stereocenters. The first-order chi connectivity index (χ1) is 11.7. The Labute approximate surface area is 143 Å². The highest BCUT2D eigenvalue weighted by molar-refractivity contribution is 8.00. The first-order valence-electron chi connectivity index (χ1n) is 7.49. The molecule has 2 heterocycles. The molecule has 3 rings (SSSR count). The van der Waals surface area contributed by atoms with Gasteiger partial charge < -0.3 is 9.73 Å². The van der Waals surface area contributed by atoms with Crippen LogP contribution < -0.4 is 5.32 Å². The first kappa shape index (κ1) is 16.3. The maximum atomic E-state index is 12.2. The number of furan rings is 1. The molecule has 7 nitrogen and oxygen atoms in total. The number of aromatic nitrogens is 4. The molecule has 1 amide bonds. The van der Waals surface area contributed by atoms with E-state index in [0.717, 1.165) is 11.3 Å². The molecule has 3 aromatic rings. The largest absolute Gasteiger partial charge is 0.467 e. The van der Waals surface area contributed by atoms with Gasteiger partial charge in [-0.15, -0.1) is 5.10 Å². The van der Waals surface area contributed by atoms with E-state index in [1.54, 1.807) is 10.9 Å². The molecule has 1 aromatic carbocycles. The van der Waals surface area contributed by atoms with Gasteiger partial charge in [0, 0.05) is 6.54 Å². The number of rotatable bonds is 7. The molecule has 0 saturated heterocycles. The maximum Gasteiger partial charge on any atom is 0.233 e. The van der Waals surface area contributed by atoms with Crippen LogP contribution in [0.15, 0.2) is 58.3 Å². The van der Waals surface area contributed by atoms with Crippen molar-refractivity contribution in [2.75, 3.05) is 0 Å². The van der Waals surface area contributed by atoms with E-state index in [0.29, 0.717) is 18.2 Å². The molecule has 0 fully saturated rings. The van der Waals surface area contributed by atoms with E-state index in [-0.39, 0.29) is 11.2 Å². The third-order valence-corrected chi connectivity index (χ3v) is 4.42. The molecule has 24 heavy (non-hydrogen) atoms. The number of nitrogens with zero attached hydrogens (tertiary/aromatic N) is 4. The van der Waals surface area contributed by atoms with Crippen molar-refractivity contribution in [3.05, 3.63) is 60.1 Å². The number of tetrazole rings is 1. The minimum absolute atomic E-state index is 0.0589. The number of carbonyl (C=O) groups is 1. The number of carbonyl (C=O) groups excluding carboxylic acids is 1. The Balaban J connectivity index is 1.55. The molecule has 2 aromatic heterocycles. The summed E-state index contributed by atoms with van der Waals surface area (Å²) in [6.45, 7) is 2.76. The van der Waals surface area contributed by atoms with Gasteiger partial charge in [0.2, 0.25) is 11.1 Å². The monoisotopic (exact) mass is 343 g/mol. The van der Waals surface area contributed by atoms with Crippen LogP contribution in [-0.4, -0.2) is 31.4 Å². The van der Waals surface area contributed by atoms with Gasteiger partial charge in [0.25, 0.3) is 0 Å². The number of amides is 1. The van der Waals surface area contributed by atoms with Crippen LogP contribution in [0.1, 0.15) is 18.2 Å². The molecule has 124 valence electrons. The fourth-order valence-electron chi connectivity index (χ4n) is 2.07. The van der Waals surface area contributed by atoms with E-state index >= 15 is 0 Å². The molecule has 0 saturated carbocycles. The third kappa shape index (κ3) is 4.23. The highest BCUT2D eigenvalue weighted by Crippen LogP contribution is 2.21. The van der Waals surface area contributed by atoms with Crippen LogP contribution in [0.5, 0.6) is 0 Å². The molecule has 8 heteroatoms. The molecular weight excluding hydrogens is 326 g/mol. The Hall–Kier alpha value is -2.61. The molecule has 1 N–H and O–H groups in total. The number of benzene rings is 1. The van der Waals surface area contributed by atoms with Gasteiger partial charge in [0.1, 0.15) is 12.3 Å². The van der Waals surface area contributed by atoms with Crippen molar-refractivity contribution in [1.82, 2.24) is 25.5 Å². The van der Waals surface area contributed by atoms with Gasteiger partial charge in [0.15, 0.2) is 0 Å². The smallest absolute Gasteiger partial charge is 0.233 e. The summed E-state index contributed by atoms with van der Waals surface area (Å²) in [5.41, 5.74) is 1.06. The summed E-state index contributed by atoms with van der Waals surface area (Å²) in [4.78, 5) is 12.2. The molecule has 0 aliphatic rings. The summed E-state index contributed by atoms with van der Waals surface area (Å²) in [5.74, 6) is 0.696. The molecule has 0 aliphatic carbocycles. The molecule has 1 atom stereocenters. The van der Waals surface area contributed by atoms with E-state index < -0.39 is 0 Å². The number of hydrogen-bond acceptors (Lipinski definition) is 6. The average molecular weight is 343 g/mol. The van der Waals surface area contributed by atoms with E-state index in [9.17, 15) is 4.79 Å². The Kier molecular flexibility index (Phi) is 5.27. The van der Waals surface area contributed by atoms with Crippen LogP contribution in [0.4, 0.5) is 0 Å². The van der Waals surface area contributed by atoms with E-state index in [1.807, 2.05) is 49.4 Å². The highest BCUT2D eigenvalue weighted by atomic mass is 32.2. The highest BCUT2D eigenvalue weighted by Gasteiger charge is 2.18. The predicted molar refractivity (Wildman–Crippen MR) is 89.2 cm³/mol. The van der Waals surface area contributed by atoms with Crippen molar-refractivity contribution in [3.63, 3.8) is 0 Å². The number of thioether (sulfide) groups is 1. The Morgan fingerprint density at radius 1 is 1.29 bits per heavy atom. The molecule has 0 aliphatic heterocycles. The Bertz CT molecular complexity index is 773. The van der Waals surface area contributed by atoms with Gasteiger partial charge >= 0.3 is 0 Å². The van der Waals surface area contributed by atoms with Gasteiger partial charge in [-0.2, -0.15) is 0 Å². The van der Waals surface area contributed by atoms with Crippen LogP contribution in [-0.2, 0) is 17.9 Å². The van der Waals surface area contributed by atoms with Crippen molar-refractivity contribution >= 4 is 17.7 Å².